The van der Waals surface area contributed by atoms with Gasteiger partial charge in [0.2, 0.25) is 11.8 Å². The summed E-state index contributed by atoms with van der Waals surface area (Å²) in [7, 11) is -1.31. The molecule has 1 unspecified atom stereocenters. The second-order valence-corrected chi connectivity index (χ2v) is 18.9. The fraction of sp³-hybridized carbons (Fsp3) is 0.391. The molecule has 332 valence electrons. The van der Waals surface area contributed by atoms with Gasteiger partial charge in [0.1, 0.15) is 23.7 Å². The van der Waals surface area contributed by atoms with Crippen molar-refractivity contribution in [2.45, 2.75) is 81.3 Å². The number of carbonyl (C=O) groups excluding carboxylic acids is 4. The Kier molecular flexibility index (Phi) is 13.3. The van der Waals surface area contributed by atoms with E-state index in [4.69, 9.17) is 9.47 Å². The van der Waals surface area contributed by atoms with Gasteiger partial charge in [-0.25, -0.2) is 28.0 Å². The number of hydrogen-bond acceptors (Lipinski definition) is 10. The van der Waals surface area contributed by atoms with Crippen LogP contribution in [0.2, 0.25) is 0 Å². The number of imidazole rings is 2. The van der Waals surface area contributed by atoms with Gasteiger partial charge >= 0.3 is 12.2 Å². The fourth-order valence-electron chi connectivity index (χ4n) is 8.39. The molecule has 2 aliphatic heterocycles. The average Bonchev–Trinajstić information content (AvgIpc) is 4.14. The number of nitrogens with zero attached hydrogens (tertiary/aromatic N) is 4. The molecule has 63 heavy (non-hydrogen) atoms. The van der Waals surface area contributed by atoms with Crippen molar-refractivity contribution in [3.8, 4) is 33.6 Å². The SMILES string of the molecule is COC(=O)N[C@H](C(=O)N1CCC[C@H]1c1ncc(-c2ccc(-c3ccc(-c4cnc([C@@H]5CC(S(=O)(=O)c6ccccc6)CN5C(=O)[C@@H](NC(=O)OC)C(C)C)[nH]4)cc3)cc2)[nH]1)C(C)C. The number of nitrogens with one attached hydrogen (secondary N) is 4. The lowest BCUT2D eigenvalue weighted by atomic mass is 10.0. The molecule has 4 heterocycles. The second kappa shape index (κ2) is 18.9. The summed E-state index contributed by atoms with van der Waals surface area (Å²) in [6.07, 6.45) is 3.74. The molecular weight excluding hydrogens is 825 g/mol. The number of aromatic nitrogens is 4. The largest absolute Gasteiger partial charge is 0.453 e. The van der Waals surface area contributed by atoms with Gasteiger partial charge in [0.25, 0.3) is 0 Å². The van der Waals surface area contributed by atoms with E-state index in [0.29, 0.717) is 23.9 Å². The molecule has 4 amide bonds. The Morgan fingerprint density at radius 3 is 1.60 bits per heavy atom. The van der Waals surface area contributed by atoms with Gasteiger partial charge < -0.3 is 39.9 Å². The van der Waals surface area contributed by atoms with Crippen molar-refractivity contribution in [3.63, 3.8) is 0 Å². The number of alkyl carbamates (subject to hydrolysis) is 2. The number of H-pyrrole nitrogens is 2. The Hall–Kier alpha value is -6.49. The minimum Gasteiger partial charge on any atom is -0.453 e. The summed E-state index contributed by atoms with van der Waals surface area (Å²) in [6, 6.07) is 21.6. The van der Waals surface area contributed by atoms with Crippen LogP contribution in [0, 0.1) is 11.8 Å². The first-order chi connectivity index (χ1) is 30.2. The molecule has 5 aromatic rings. The first-order valence-electron chi connectivity index (χ1n) is 21.1. The van der Waals surface area contributed by atoms with Gasteiger partial charge in [0.15, 0.2) is 9.84 Å². The number of methoxy groups -OCH3 is 2. The molecule has 5 atom stereocenters. The van der Waals surface area contributed by atoms with Crippen molar-refractivity contribution in [2.75, 3.05) is 27.3 Å². The Labute approximate surface area is 367 Å². The summed E-state index contributed by atoms with van der Waals surface area (Å²) in [6.45, 7) is 7.86. The Bertz CT molecular complexity index is 2520. The van der Waals surface area contributed by atoms with Crippen LogP contribution in [0.15, 0.2) is 96.2 Å². The van der Waals surface area contributed by atoms with Crippen molar-refractivity contribution < 1.29 is 37.1 Å². The number of carbonyl (C=O) groups is 4. The molecule has 0 aliphatic carbocycles. The van der Waals surface area contributed by atoms with E-state index in [2.05, 4.69) is 30.6 Å². The van der Waals surface area contributed by atoms with Crippen molar-refractivity contribution in [3.05, 3.63) is 103 Å². The molecule has 0 bridgehead atoms. The van der Waals surface area contributed by atoms with Gasteiger partial charge in [0, 0.05) is 13.1 Å². The van der Waals surface area contributed by atoms with Crippen LogP contribution in [0.3, 0.4) is 0 Å². The molecule has 4 N–H and O–H groups in total. The summed E-state index contributed by atoms with van der Waals surface area (Å²) in [5.41, 5.74) is 5.26. The zero-order valence-electron chi connectivity index (χ0n) is 36.2. The molecule has 16 nitrogen and oxygen atoms in total. The van der Waals surface area contributed by atoms with Gasteiger partial charge in [0.05, 0.1) is 60.2 Å². The number of hydrogen-bond donors (Lipinski definition) is 4. The van der Waals surface area contributed by atoms with Crippen LogP contribution in [0.25, 0.3) is 33.6 Å². The predicted octanol–water partition coefficient (Wildman–Crippen LogP) is 6.67. The lowest BCUT2D eigenvalue weighted by molar-refractivity contribution is -0.136. The van der Waals surface area contributed by atoms with Crippen LogP contribution in [-0.2, 0) is 28.9 Å². The van der Waals surface area contributed by atoms with Crippen molar-refractivity contribution >= 4 is 33.8 Å². The molecule has 2 saturated heterocycles. The Morgan fingerprint density at radius 2 is 1.13 bits per heavy atom. The van der Waals surface area contributed by atoms with Gasteiger partial charge in [-0.1, -0.05) is 94.4 Å². The monoisotopic (exact) mass is 878 g/mol. The highest BCUT2D eigenvalue weighted by Crippen LogP contribution is 2.38. The fourth-order valence-corrected chi connectivity index (χ4v) is 10.1. The third kappa shape index (κ3) is 9.48. The molecule has 2 aliphatic rings. The number of amides is 4. The second-order valence-electron chi connectivity index (χ2n) is 16.6. The first kappa shape index (κ1) is 44.6. The standard InChI is InChI=1S/C46H54N8O8S/c1-27(2)39(51-45(57)61-5)43(55)53-22-10-13-37(53)41-47-24-35(49-41)31-18-14-29(15-19-31)30-16-20-32(21-17-30)36-25-48-42(50-36)38-23-34(63(59,60)33-11-8-7-9-12-33)26-54(38)44(56)40(28(3)4)52-46(58)62-6/h7-9,11-12,14-21,24-25,27-28,34,37-40H,10,13,22-23,26H2,1-6H3,(H,47,49)(H,48,50)(H,51,57)(H,52,58)/t34?,37-,38-,39-,40-/m0/s1. The van der Waals surface area contributed by atoms with E-state index in [1.165, 1.54) is 19.1 Å². The number of aromatic amines is 2. The van der Waals surface area contributed by atoms with Crippen LogP contribution in [0.5, 0.6) is 0 Å². The summed E-state index contributed by atoms with van der Waals surface area (Å²) in [4.78, 5) is 71.5. The van der Waals surface area contributed by atoms with E-state index in [-0.39, 0.29) is 41.6 Å². The average molecular weight is 879 g/mol. The van der Waals surface area contributed by atoms with Crippen LogP contribution < -0.4 is 10.6 Å². The summed E-state index contributed by atoms with van der Waals surface area (Å²) in [5, 5.41) is 4.41. The maximum absolute atomic E-state index is 14.1. The molecule has 0 saturated carbocycles. The molecule has 2 fully saturated rings. The topological polar surface area (TPSA) is 209 Å². The lowest BCUT2D eigenvalue weighted by Crippen LogP contribution is -2.51. The Balaban J connectivity index is 1.06. The van der Waals surface area contributed by atoms with E-state index >= 15 is 0 Å². The molecule has 7 rings (SSSR count). The van der Waals surface area contributed by atoms with E-state index < -0.39 is 51.3 Å². The van der Waals surface area contributed by atoms with Gasteiger partial charge in [-0.3, -0.25) is 9.59 Å². The van der Waals surface area contributed by atoms with E-state index in [0.717, 1.165) is 40.8 Å². The van der Waals surface area contributed by atoms with Gasteiger partial charge in [-0.05, 0) is 65.5 Å². The van der Waals surface area contributed by atoms with Crippen LogP contribution >= 0.6 is 0 Å². The van der Waals surface area contributed by atoms with Gasteiger partial charge in [-0.15, -0.1) is 0 Å². The highest BCUT2D eigenvalue weighted by molar-refractivity contribution is 7.92. The third-order valence-electron chi connectivity index (χ3n) is 11.9. The van der Waals surface area contributed by atoms with Crippen molar-refractivity contribution in [1.82, 2.24) is 40.4 Å². The maximum atomic E-state index is 14.1. The third-order valence-corrected chi connectivity index (χ3v) is 14.1. The maximum Gasteiger partial charge on any atom is 0.407 e. The van der Waals surface area contributed by atoms with Crippen molar-refractivity contribution in [2.24, 2.45) is 11.8 Å². The minimum atomic E-state index is -3.81. The lowest BCUT2D eigenvalue weighted by Gasteiger charge is -2.30. The zero-order valence-corrected chi connectivity index (χ0v) is 37.0. The normalized spacial score (nSPS) is 18.6. The smallest absolute Gasteiger partial charge is 0.407 e. The van der Waals surface area contributed by atoms with Crippen molar-refractivity contribution in [1.29, 1.82) is 0 Å². The summed E-state index contributed by atoms with van der Waals surface area (Å²) < 4.78 is 37.2. The summed E-state index contributed by atoms with van der Waals surface area (Å²) in [5.74, 6) is 0.105. The van der Waals surface area contributed by atoms with Gasteiger partial charge in [-0.2, -0.15) is 0 Å². The van der Waals surface area contributed by atoms with Crippen LogP contribution in [0.1, 0.15) is 70.7 Å². The quantitative estimate of drug-likeness (QED) is 0.0987. The first-order valence-corrected chi connectivity index (χ1v) is 22.6. The highest BCUT2D eigenvalue weighted by atomic mass is 32.2. The molecular formula is C46H54N8O8S. The number of sulfone groups is 1. The van der Waals surface area contributed by atoms with E-state index in [1.807, 2.05) is 62.4 Å². The number of benzene rings is 3. The molecule has 0 radical (unpaired) electrons. The van der Waals surface area contributed by atoms with E-state index in [9.17, 15) is 27.6 Å². The summed E-state index contributed by atoms with van der Waals surface area (Å²) >= 11 is 0. The van der Waals surface area contributed by atoms with Crippen LogP contribution in [0.4, 0.5) is 9.59 Å². The minimum absolute atomic E-state index is 0.0749. The Morgan fingerprint density at radius 1 is 0.667 bits per heavy atom. The predicted molar refractivity (Wildman–Crippen MR) is 236 cm³/mol. The number of ether oxygens (including phenoxy) is 2. The molecule has 3 aromatic carbocycles. The zero-order chi connectivity index (χ0) is 45.0. The molecule has 17 heteroatoms. The van der Waals surface area contributed by atoms with Crippen LogP contribution in [-0.4, -0.2) is 107 Å². The number of likely N-dealkylation sites (tertiary alicyclic amines) is 2. The highest BCUT2D eigenvalue weighted by Gasteiger charge is 2.46. The number of rotatable bonds is 13. The van der Waals surface area contributed by atoms with E-state index in [1.54, 1.807) is 61.5 Å². The molecule has 2 aromatic heterocycles. The molecule has 0 spiro atoms.